The van der Waals surface area contributed by atoms with Gasteiger partial charge in [-0.2, -0.15) is 0 Å². The van der Waals surface area contributed by atoms with Crippen molar-refractivity contribution in [2.75, 3.05) is 24.4 Å². The number of hydrogen-bond acceptors (Lipinski definition) is 6. The first kappa shape index (κ1) is 26.8. The number of methoxy groups -OCH3 is 1. The van der Waals surface area contributed by atoms with Crippen LogP contribution in [-0.4, -0.2) is 31.5 Å². The SMILES string of the molecule is COc1ccc(Cl)cc1NC(=O)COC(=O)CCCC(=O)Nc1ccc(Oc2ccc(Cl)cc2)cc1. The molecule has 0 radical (unpaired) electrons. The number of nitrogens with one attached hydrogen (secondary N) is 2. The zero-order chi connectivity index (χ0) is 25.9. The Morgan fingerprint density at radius 2 is 1.42 bits per heavy atom. The summed E-state index contributed by atoms with van der Waals surface area (Å²) in [6.07, 6.45) is 0.380. The van der Waals surface area contributed by atoms with Crippen molar-refractivity contribution >= 4 is 52.4 Å². The predicted octanol–water partition coefficient (Wildman–Crippen LogP) is 6.09. The first-order valence-corrected chi connectivity index (χ1v) is 11.7. The second-order valence-electron chi connectivity index (χ2n) is 7.54. The maximum Gasteiger partial charge on any atom is 0.306 e. The quantitative estimate of drug-likeness (QED) is 0.291. The predicted molar refractivity (Wildman–Crippen MR) is 138 cm³/mol. The minimum Gasteiger partial charge on any atom is -0.495 e. The molecule has 0 saturated heterocycles. The summed E-state index contributed by atoms with van der Waals surface area (Å²) in [6.45, 7) is -0.467. The maximum atomic E-state index is 12.2. The number of amides is 2. The minimum atomic E-state index is -0.584. The Balaban J connectivity index is 1.34. The molecule has 2 amide bonds. The first-order chi connectivity index (χ1) is 17.3. The smallest absolute Gasteiger partial charge is 0.306 e. The summed E-state index contributed by atoms with van der Waals surface area (Å²) in [5.74, 6) is 0.305. The Bertz CT molecular complexity index is 1200. The number of carbonyl (C=O) groups is 3. The second-order valence-corrected chi connectivity index (χ2v) is 8.41. The van der Waals surface area contributed by atoms with E-state index in [9.17, 15) is 14.4 Å². The summed E-state index contributed by atoms with van der Waals surface area (Å²) in [5.41, 5.74) is 0.964. The molecule has 10 heteroatoms. The average Bonchev–Trinajstić information content (AvgIpc) is 2.85. The Morgan fingerprint density at radius 1 is 0.778 bits per heavy atom. The van der Waals surface area contributed by atoms with E-state index in [0.717, 1.165) is 0 Å². The van der Waals surface area contributed by atoms with E-state index in [1.54, 1.807) is 60.7 Å². The van der Waals surface area contributed by atoms with E-state index in [1.807, 2.05) is 0 Å². The van der Waals surface area contributed by atoms with Gasteiger partial charge in [0.15, 0.2) is 6.61 Å². The number of hydrogen-bond donors (Lipinski definition) is 2. The van der Waals surface area contributed by atoms with Gasteiger partial charge >= 0.3 is 5.97 Å². The van der Waals surface area contributed by atoms with E-state index in [1.165, 1.54) is 13.2 Å². The maximum absolute atomic E-state index is 12.2. The summed E-state index contributed by atoms with van der Waals surface area (Å²) in [7, 11) is 1.46. The van der Waals surface area contributed by atoms with Gasteiger partial charge in [-0.3, -0.25) is 14.4 Å². The molecule has 0 aliphatic rings. The van der Waals surface area contributed by atoms with Gasteiger partial charge in [-0.1, -0.05) is 23.2 Å². The zero-order valence-corrected chi connectivity index (χ0v) is 20.9. The van der Waals surface area contributed by atoms with Crippen LogP contribution in [0.5, 0.6) is 17.2 Å². The molecule has 0 aliphatic heterocycles. The standard InChI is InChI=1S/C26H24Cl2N2O6/c1-34-23-14-7-18(28)15-22(23)30-25(32)16-35-26(33)4-2-3-24(31)29-19-8-12-21(13-9-19)36-20-10-5-17(27)6-11-20/h5-15H,2-4,16H2,1H3,(H,29,31)(H,30,32). The van der Waals surface area contributed by atoms with E-state index >= 15 is 0 Å². The number of carbonyl (C=O) groups excluding carboxylic acids is 3. The molecule has 0 heterocycles. The summed E-state index contributed by atoms with van der Waals surface area (Å²) in [4.78, 5) is 36.1. The molecule has 3 rings (SSSR count). The Hall–Kier alpha value is -3.75. The van der Waals surface area contributed by atoms with Crippen molar-refractivity contribution < 1.29 is 28.6 Å². The van der Waals surface area contributed by atoms with Crippen molar-refractivity contribution in [3.8, 4) is 17.2 Å². The molecular formula is C26H24Cl2N2O6. The van der Waals surface area contributed by atoms with Gasteiger partial charge < -0.3 is 24.8 Å². The van der Waals surface area contributed by atoms with Gasteiger partial charge in [0.25, 0.3) is 5.91 Å². The second kappa shape index (κ2) is 13.4. The van der Waals surface area contributed by atoms with Gasteiger partial charge in [-0.05, 0) is 73.2 Å². The molecule has 0 unspecified atom stereocenters. The fourth-order valence-corrected chi connectivity index (χ4v) is 3.34. The third kappa shape index (κ3) is 8.79. The largest absolute Gasteiger partial charge is 0.495 e. The third-order valence-corrected chi connectivity index (χ3v) is 5.26. The van der Waals surface area contributed by atoms with Crippen LogP contribution in [0.25, 0.3) is 0 Å². The lowest BCUT2D eigenvalue weighted by Gasteiger charge is -2.11. The summed E-state index contributed by atoms with van der Waals surface area (Å²) >= 11 is 11.8. The normalized spacial score (nSPS) is 10.3. The molecule has 0 atom stereocenters. The Kier molecular flexibility index (Phi) is 9.97. The highest BCUT2D eigenvalue weighted by molar-refractivity contribution is 6.31. The van der Waals surface area contributed by atoms with Gasteiger partial charge in [-0.15, -0.1) is 0 Å². The van der Waals surface area contributed by atoms with Crippen LogP contribution in [0.1, 0.15) is 19.3 Å². The molecule has 2 N–H and O–H groups in total. The summed E-state index contributed by atoms with van der Waals surface area (Å²) in [6, 6.07) is 18.6. The van der Waals surface area contributed by atoms with Crippen molar-refractivity contribution in [2.45, 2.75) is 19.3 Å². The molecule has 8 nitrogen and oxygen atoms in total. The van der Waals surface area contributed by atoms with Gasteiger partial charge in [-0.25, -0.2) is 0 Å². The minimum absolute atomic E-state index is 0.00490. The van der Waals surface area contributed by atoms with Crippen LogP contribution in [0.2, 0.25) is 10.0 Å². The Labute approximate surface area is 218 Å². The highest BCUT2D eigenvalue weighted by atomic mass is 35.5. The lowest BCUT2D eigenvalue weighted by molar-refractivity contribution is -0.147. The van der Waals surface area contributed by atoms with Gasteiger partial charge in [0.1, 0.15) is 17.2 Å². The van der Waals surface area contributed by atoms with Crippen molar-refractivity contribution in [3.05, 3.63) is 76.8 Å². The number of benzene rings is 3. The topological polar surface area (TPSA) is 103 Å². The van der Waals surface area contributed by atoms with Gasteiger partial charge in [0, 0.05) is 28.6 Å². The molecule has 3 aromatic rings. The fourth-order valence-electron chi connectivity index (χ4n) is 3.04. The highest BCUT2D eigenvalue weighted by Crippen LogP contribution is 2.27. The molecule has 188 valence electrons. The van der Waals surface area contributed by atoms with Gasteiger partial charge in [0.05, 0.1) is 12.8 Å². The van der Waals surface area contributed by atoms with E-state index in [-0.39, 0.29) is 25.2 Å². The lowest BCUT2D eigenvalue weighted by Crippen LogP contribution is -2.21. The Morgan fingerprint density at radius 3 is 2.08 bits per heavy atom. The van der Waals surface area contributed by atoms with Crippen molar-refractivity contribution in [1.29, 1.82) is 0 Å². The fraction of sp³-hybridized carbons (Fsp3) is 0.192. The molecule has 0 spiro atoms. The molecule has 0 aromatic heterocycles. The molecule has 0 aliphatic carbocycles. The molecule has 0 saturated carbocycles. The van der Waals surface area contributed by atoms with Crippen LogP contribution in [0.4, 0.5) is 11.4 Å². The number of rotatable bonds is 11. The van der Waals surface area contributed by atoms with Crippen LogP contribution < -0.4 is 20.1 Å². The molecule has 0 fully saturated rings. The number of esters is 1. The number of anilines is 2. The molecule has 36 heavy (non-hydrogen) atoms. The van der Waals surface area contributed by atoms with Crippen molar-refractivity contribution in [1.82, 2.24) is 0 Å². The molecule has 3 aromatic carbocycles. The van der Waals surface area contributed by atoms with Crippen LogP contribution in [0, 0.1) is 0 Å². The molecular weight excluding hydrogens is 507 g/mol. The summed E-state index contributed by atoms with van der Waals surface area (Å²) < 4.78 is 15.8. The number of ether oxygens (including phenoxy) is 3. The van der Waals surface area contributed by atoms with E-state index in [4.69, 9.17) is 37.4 Å². The van der Waals surface area contributed by atoms with Crippen molar-refractivity contribution in [2.24, 2.45) is 0 Å². The average molecular weight is 531 g/mol. The van der Waals surface area contributed by atoms with Gasteiger partial charge in [0.2, 0.25) is 5.91 Å². The monoisotopic (exact) mass is 530 g/mol. The van der Waals surface area contributed by atoms with Crippen LogP contribution in [-0.2, 0) is 19.1 Å². The van der Waals surface area contributed by atoms with E-state index < -0.39 is 18.5 Å². The highest BCUT2D eigenvalue weighted by Gasteiger charge is 2.12. The summed E-state index contributed by atoms with van der Waals surface area (Å²) in [5, 5.41) is 6.37. The third-order valence-electron chi connectivity index (χ3n) is 4.77. The van der Waals surface area contributed by atoms with Crippen LogP contribution >= 0.6 is 23.2 Å². The van der Waals surface area contributed by atoms with E-state index in [0.29, 0.717) is 38.7 Å². The van der Waals surface area contributed by atoms with Crippen LogP contribution in [0.3, 0.4) is 0 Å². The van der Waals surface area contributed by atoms with Crippen molar-refractivity contribution in [3.63, 3.8) is 0 Å². The number of halogens is 2. The zero-order valence-electron chi connectivity index (χ0n) is 19.4. The van der Waals surface area contributed by atoms with Crippen LogP contribution in [0.15, 0.2) is 66.7 Å². The first-order valence-electron chi connectivity index (χ1n) is 10.9. The molecule has 0 bridgehead atoms. The lowest BCUT2D eigenvalue weighted by atomic mass is 10.2. The van der Waals surface area contributed by atoms with E-state index in [2.05, 4.69) is 10.6 Å².